The van der Waals surface area contributed by atoms with Gasteiger partial charge in [0, 0.05) is 23.7 Å². The average molecular weight is 235 g/mol. The van der Waals surface area contributed by atoms with Crippen molar-refractivity contribution in [3.63, 3.8) is 0 Å². The van der Waals surface area contributed by atoms with E-state index in [-0.39, 0.29) is 6.61 Å². The minimum atomic E-state index is 0.121. The Bertz CT molecular complexity index is 373. The molecule has 2 rings (SSSR count). The van der Waals surface area contributed by atoms with Gasteiger partial charge in [0.15, 0.2) is 0 Å². The zero-order valence-electron chi connectivity index (χ0n) is 10.7. The summed E-state index contributed by atoms with van der Waals surface area (Å²) in [6, 6.07) is 2.09. The van der Waals surface area contributed by atoms with Gasteiger partial charge in [-0.15, -0.1) is 0 Å². The van der Waals surface area contributed by atoms with Crippen LogP contribution in [0, 0.1) is 6.92 Å². The topological polar surface area (TPSA) is 49.2 Å². The van der Waals surface area contributed by atoms with Crippen LogP contribution in [-0.2, 0) is 6.42 Å². The van der Waals surface area contributed by atoms with Crippen LogP contribution >= 0.6 is 0 Å². The zero-order chi connectivity index (χ0) is 12.3. The maximum absolute atomic E-state index is 8.96. The third kappa shape index (κ3) is 3.23. The summed E-state index contributed by atoms with van der Waals surface area (Å²) in [5.74, 6) is 1.34. The summed E-state index contributed by atoms with van der Waals surface area (Å²) in [4.78, 5) is 11.3. The number of hydrogen-bond donors (Lipinski definition) is 1. The van der Waals surface area contributed by atoms with Crippen molar-refractivity contribution in [3.05, 3.63) is 23.3 Å². The van der Waals surface area contributed by atoms with Gasteiger partial charge in [-0.05, 0) is 46.0 Å². The normalized spacial score (nSPS) is 18.5. The van der Waals surface area contributed by atoms with Gasteiger partial charge >= 0.3 is 0 Å². The molecule has 1 aromatic rings. The molecule has 0 aromatic carbocycles. The molecule has 0 saturated carbocycles. The van der Waals surface area contributed by atoms with Gasteiger partial charge in [0.2, 0.25) is 0 Å². The third-order valence-corrected chi connectivity index (χ3v) is 3.39. The van der Waals surface area contributed by atoms with Crippen molar-refractivity contribution >= 4 is 0 Å². The lowest BCUT2D eigenvalue weighted by Crippen LogP contribution is -2.29. The second kappa shape index (κ2) is 5.56. The van der Waals surface area contributed by atoms with Crippen molar-refractivity contribution in [2.24, 2.45) is 0 Å². The van der Waals surface area contributed by atoms with E-state index < -0.39 is 0 Å². The van der Waals surface area contributed by atoms with Crippen molar-refractivity contribution in [1.29, 1.82) is 0 Å². The van der Waals surface area contributed by atoms with Gasteiger partial charge in [-0.25, -0.2) is 9.97 Å². The molecule has 4 heteroatoms. The van der Waals surface area contributed by atoms with Crippen LogP contribution in [0.2, 0.25) is 0 Å². The minimum Gasteiger partial charge on any atom is -0.396 e. The van der Waals surface area contributed by atoms with E-state index in [0.29, 0.717) is 12.3 Å². The summed E-state index contributed by atoms with van der Waals surface area (Å²) in [6.07, 6.45) is 2.90. The van der Waals surface area contributed by atoms with Crippen molar-refractivity contribution in [1.82, 2.24) is 14.9 Å². The quantitative estimate of drug-likeness (QED) is 0.853. The van der Waals surface area contributed by atoms with Crippen LogP contribution in [0.25, 0.3) is 0 Å². The Morgan fingerprint density at radius 1 is 1.35 bits per heavy atom. The number of rotatable bonds is 3. The van der Waals surface area contributed by atoms with Gasteiger partial charge in [0.05, 0.1) is 6.61 Å². The van der Waals surface area contributed by atoms with Gasteiger partial charge < -0.3 is 10.0 Å². The van der Waals surface area contributed by atoms with Crippen molar-refractivity contribution in [2.75, 3.05) is 26.7 Å². The Morgan fingerprint density at radius 3 is 2.71 bits per heavy atom. The van der Waals surface area contributed by atoms with E-state index in [2.05, 4.69) is 28.0 Å². The fourth-order valence-electron chi connectivity index (χ4n) is 2.38. The molecule has 0 spiro atoms. The van der Waals surface area contributed by atoms with E-state index in [1.54, 1.807) is 0 Å². The molecule has 0 bridgehead atoms. The summed E-state index contributed by atoms with van der Waals surface area (Å²) in [6.45, 7) is 4.41. The number of aliphatic hydroxyl groups excluding tert-OH is 1. The molecule has 0 amide bonds. The summed E-state index contributed by atoms with van der Waals surface area (Å²) < 4.78 is 0. The predicted molar refractivity (Wildman–Crippen MR) is 67.0 cm³/mol. The first-order chi connectivity index (χ1) is 8.19. The zero-order valence-corrected chi connectivity index (χ0v) is 10.7. The highest BCUT2D eigenvalue weighted by Crippen LogP contribution is 2.26. The lowest BCUT2D eigenvalue weighted by atomic mass is 9.93. The highest BCUT2D eigenvalue weighted by Gasteiger charge is 2.20. The molecule has 0 unspecified atom stereocenters. The molecule has 94 valence electrons. The fraction of sp³-hybridized carbons (Fsp3) is 0.692. The molecule has 4 nitrogen and oxygen atoms in total. The van der Waals surface area contributed by atoms with Gasteiger partial charge in [-0.2, -0.15) is 0 Å². The Balaban J connectivity index is 2.14. The van der Waals surface area contributed by atoms with Crippen LogP contribution in [0.4, 0.5) is 0 Å². The molecule has 1 N–H and O–H groups in total. The second-order valence-electron chi connectivity index (χ2n) is 4.90. The van der Waals surface area contributed by atoms with Crippen molar-refractivity contribution in [3.8, 4) is 0 Å². The number of aryl methyl sites for hydroxylation is 1. The first-order valence-electron chi connectivity index (χ1n) is 6.33. The lowest BCUT2D eigenvalue weighted by molar-refractivity contribution is 0.252. The van der Waals surface area contributed by atoms with Crippen LogP contribution in [-0.4, -0.2) is 46.7 Å². The Morgan fingerprint density at radius 2 is 2.06 bits per heavy atom. The molecule has 1 fully saturated rings. The predicted octanol–water partition coefficient (Wildman–Crippen LogP) is 1.13. The smallest absolute Gasteiger partial charge is 0.131 e. The maximum Gasteiger partial charge on any atom is 0.131 e. The van der Waals surface area contributed by atoms with Crippen LogP contribution in [0.5, 0.6) is 0 Å². The average Bonchev–Trinajstić information content (AvgIpc) is 2.29. The summed E-state index contributed by atoms with van der Waals surface area (Å²) in [5.41, 5.74) is 2.17. The van der Waals surface area contributed by atoms with E-state index in [1.807, 2.05) is 6.92 Å². The Labute approximate surface area is 103 Å². The van der Waals surface area contributed by atoms with Crippen molar-refractivity contribution in [2.45, 2.75) is 32.1 Å². The largest absolute Gasteiger partial charge is 0.396 e. The van der Waals surface area contributed by atoms with Gasteiger partial charge in [-0.1, -0.05) is 0 Å². The molecule has 2 heterocycles. The van der Waals surface area contributed by atoms with E-state index in [1.165, 1.54) is 12.8 Å². The number of piperidine rings is 1. The first-order valence-corrected chi connectivity index (χ1v) is 6.33. The lowest BCUT2D eigenvalue weighted by Gasteiger charge is -2.28. The van der Waals surface area contributed by atoms with Gasteiger partial charge in [-0.3, -0.25) is 0 Å². The SMILES string of the molecule is Cc1cc(C2CCN(C)CC2)nc(CCO)n1. The summed E-state index contributed by atoms with van der Waals surface area (Å²) in [7, 11) is 2.17. The fourth-order valence-corrected chi connectivity index (χ4v) is 2.38. The molecule has 0 radical (unpaired) electrons. The standard InChI is InChI=1S/C13H21N3O/c1-10-9-12(15-13(14-10)5-8-17)11-3-6-16(2)7-4-11/h9,11,17H,3-8H2,1-2H3. The highest BCUT2D eigenvalue weighted by atomic mass is 16.3. The van der Waals surface area contributed by atoms with Crippen LogP contribution in [0.15, 0.2) is 6.07 Å². The maximum atomic E-state index is 8.96. The van der Waals surface area contributed by atoms with E-state index >= 15 is 0 Å². The number of aliphatic hydroxyl groups is 1. The Kier molecular flexibility index (Phi) is 4.07. The minimum absolute atomic E-state index is 0.121. The van der Waals surface area contributed by atoms with Crippen LogP contribution < -0.4 is 0 Å². The second-order valence-corrected chi connectivity index (χ2v) is 4.90. The van der Waals surface area contributed by atoms with E-state index in [4.69, 9.17) is 5.11 Å². The molecule has 17 heavy (non-hydrogen) atoms. The summed E-state index contributed by atoms with van der Waals surface area (Å²) in [5, 5.41) is 8.96. The first kappa shape index (κ1) is 12.5. The number of likely N-dealkylation sites (tertiary alicyclic amines) is 1. The van der Waals surface area contributed by atoms with Gasteiger partial charge in [0.1, 0.15) is 5.82 Å². The monoisotopic (exact) mass is 235 g/mol. The molecule has 0 atom stereocenters. The molecule has 1 saturated heterocycles. The van der Waals surface area contributed by atoms with Crippen molar-refractivity contribution < 1.29 is 5.11 Å². The molecule has 1 aromatic heterocycles. The molecular weight excluding hydrogens is 214 g/mol. The van der Waals surface area contributed by atoms with E-state index in [0.717, 1.165) is 30.3 Å². The van der Waals surface area contributed by atoms with Crippen LogP contribution in [0.3, 0.4) is 0 Å². The third-order valence-electron chi connectivity index (χ3n) is 3.39. The summed E-state index contributed by atoms with van der Waals surface area (Å²) >= 11 is 0. The Hall–Kier alpha value is -1.00. The number of hydrogen-bond acceptors (Lipinski definition) is 4. The van der Waals surface area contributed by atoms with Gasteiger partial charge in [0.25, 0.3) is 0 Å². The van der Waals surface area contributed by atoms with Crippen LogP contribution in [0.1, 0.15) is 36.0 Å². The molecule has 1 aliphatic rings. The van der Waals surface area contributed by atoms with E-state index in [9.17, 15) is 0 Å². The number of aromatic nitrogens is 2. The molecular formula is C13H21N3O. The molecule has 0 aliphatic carbocycles. The number of nitrogens with zero attached hydrogens (tertiary/aromatic N) is 3. The molecule has 1 aliphatic heterocycles. The highest BCUT2D eigenvalue weighted by molar-refractivity contribution is 5.15.